The van der Waals surface area contributed by atoms with Crippen molar-refractivity contribution < 1.29 is 0 Å². The normalized spacial score (nSPS) is 36.7. The summed E-state index contributed by atoms with van der Waals surface area (Å²) in [6.07, 6.45) is 5.01. The molecule has 1 aliphatic carbocycles. The second-order valence-corrected chi connectivity index (χ2v) is 3.58. The second kappa shape index (κ2) is 3.68. The summed E-state index contributed by atoms with van der Waals surface area (Å²) in [6, 6.07) is 0. The molecule has 0 nitrogen and oxygen atoms in total. The summed E-state index contributed by atoms with van der Waals surface area (Å²) in [5.41, 5.74) is 0. The summed E-state index contributed by atoms with van der Waals surface area (Å²) in [7, 11) is 0. The van der Waals surface area contributed by atoms with E-state index in [1.165, 1.54) is 25.7 Å². The van der Waals surface area contributed by atoms with E-state index in [2.05, 4.69) is 0 Å². The highest BCUT2D eigenvalue weighted by molar-refractivity contribution is 6.22. The molecule has 0 saturated heterocycles. The molecule has 2 unspecified atom stereocenters. The Morgan fingerprint density at radius 2 is 1.89 bits per heavy atom. The van der Waals surface area contributed by atoms with Gasteiger partial charge in [-0.1, -0.05) is 12.8 Å². The minimum atomic E-state index is 0.358. The maximum atomic E-state index is 6.00. The van der Waals surface area contributed by atoms with Crippen LogP contribution in [0.3, 0.4) is 0 Å². The van der Waals surface area contributed by atoms with Gasteiger partial charge in [-0.25, -0.2) is 0 Å². The molecule has 0 radical (unpaired) electrons. The molecule has 1 rings (SSSR count). The molecule has 0 aromatic carbocycles. The van der Waals surface area contributed by atoms with Crippen molar-refractivity contribution in [2.45, 2.75) is 31.1 Å². The molecule has 1 aliphatic rings. The van der Waals surface area contributed by atoms with Crippen molar-refractivity contribution in [2.24, 2.45) is 5.92 Å². The van der Waals surface area contributed by atoms with Gasteiger partial charge < -0.3 is 0 Å². The Labute approximate surface area is 66.5 Å². The third-order valence-electron chi connectivity index (χ3n) is 2.01. The van der Waals surface area contributed by atoms with Gasteiger partial charge in [-0.2, -0.15) is 0 Å². The quantitative estimate of drug-likeness (QED) is 0.526. The second-order valence-electron chi connectivity index (χ2n) is 2.71. The molecule has 0 N–H and O–H groups in total. The van der Waals surface area contributed by atoms with E-state index in [0.717, 1.165) is 5.88 Å². The van der Waals surface area contributed by atoms with Gasteiger partial charge in [0, 0.05) is 11.3 Å². The van der Waals surface area contributed by atoms with E-state index in [4.69, 9.17) is 23.2 Å². The van der Waals surface area contributed by atoms with Gasteiger partial charge in [0.2, 0.25) is 0 Å². The number of hydrogen-bond donors (Lipinski definition) is 0. The summed E-state index contributed by atoms with van der Waals surface area (Å²) >= 11 is 11.7. The van der Waals surface area contributed by atoms with Crippen LogP contribution in [0.1, 0.15) is 25.7 Å². The highest BCUT2D eigenvalue weighted by Crippen LogP contribution is 2.28. The molecule has 0 aromatic rings. The van der Waals surface area contributed by atoms with E-state index in [1.54, 1.807) is 0 Å². The molecule has 1 saturated carbocycles. The molecule has 0 bridgehead atoms. The zero-order chi connectivity index (χ0) is 6.69. The topological polar surface area (TPSA) is 0 Å². The van der Waals surface area contributed by atoms with Crippen molar-refractivity contribution in [3.05, 3.63) is 0 Å². The molecule has 0 aromatic heterocycles. The highest BCUT2D eigenvalue weighted by atomic mass is 35.5. The number of alkyl halides is 2. The Hall–Kier alpha value is 0.580. The van der Waals surface area contributed by atoms with Crippen LogP contribution in [0.25, 0.3) is 0 Å². The zero-order valence-corrected chi connectivity index (χ0v) is 6.96. The van der Waals surface area contributed by atoms with Crippen LogP contribution >= 0.6 is 23.2 Å². The molecular formula is C7H12Cl2. The van der Waals surface area contributed by atoms with Crippen LogP contribution in [-0.2, 0) is 0 Å². The smallest absolute Gasteiger partial charge is 0.0375 e. The van der Waals surface area contributed by atoms with Gasteiger partial charge in [-0.3, -0.25) is 0 Å². The third-order valence-corrected chi connectivity index (χ3v) is 2.99. The average Bonchev–Trinajstić information content (AvgIpc) is 1.89. The van der Waals surface area contributed by atoms with Gasteiger partial charge in [-0.15, -0.1) is 23.2 Å². The average molecular weight is 167 g/mol. The van der Waals surface area contributed by atoms with E-state index in [-0.39, 0.29) is 0 Å². The predicted molar refractivity (Wildman–Crippen MR) is 42.3 cm³/mol. The van der Waals surface area contributed by atoms with Crippen LogP contribution in [0, 0.1) is 5.92 Å². The predicted octanol–water partition coefficient (Wildman–Crippen LogP) is 3.02. The molecule has 9 heavy (non-hydrogen) atoms. The van der Waals surface area contributed by atoms with E-state index in [9.17, 15) is 0 Å². The Morgan fingerprint density at radius 1 is 1.22 bits per heavy atom. The molecule has 0 amide bonds. The van der Waals surface area contributed by atoms with Crippen molar-refractivity contribution >= 4 is 23.2 Å². The number of hydrogen-bond acceptors (Lipinski definition) is 0. The van der Waals surface area contributed by atoms with Gasteiger partial charge in [-0.05, 0) is 18.8 Å². The monoisotopic (exact) mass is 166 g/mol. The van der Waals surface area contributed by atoms with Gasteiger partial charge in [0.05, 0.1) is 0 Å². The first-order valence-electron chi connectivity index (χ1n) is 3.54. The van der Waals surface area contributed by atoms with Gasteiger partial charge in [0.15, 0.2) is 0 Å². The lowest BCUT2D eigenvalue weighted by molar-refractivity contribution is 0.396. The van der Waals surface area contributed by atoms with Crippen molar-refractivity contribution in [3.8, 4) is 0 Å². The maximum absolute atomic E-state index is 6.00. The molecule has 2 atom stereocenters. The molecule has 0 heterocycles. The fraction of sp³-hybridized carbons (Fsp3) is 1.00. The summed E-state index contributed by atoms with van der Waals surface area (Å²) in [4.78, 5) is 0. The van der Waals surface area contributed by atoms with E-state index < -0.39 is 0 Å². The maximum Gasteiger partial charge on any atom is 0.0375 e. The Kier molecular flexibility index (Phi) is 3.14. The Bertz CT molecular complexity index is 83.0. The first-order chi connectivity index (χ1) is 4.34. The van der Waals surface area contributed by atoms with E-state index in [0.29, 0.717) is 11.3 Å². The van der Waals surface area contributed by atoms with Crippen molar-refractivity contribution in [2.75, 3.05) is 5.88 Å². The van der Waals surface area contributed by atoms with E-state index >= 15 is 0 Å². The SMILES string of the molecule is ClCC1CCCCC1Cl. The minimum Gasteiger partial charge on any atom is -0.126 e. The molecule has 0 aliphatic heterocycles. The van der Waals surface area contributed by atoms with Crippen molar-refractivity contribution in [1.29, 1.82) is 0 Å². The molecular weight excluding hydrogens is 155 g/mol. The molecule has 0 spiro atoms. The molecule has 1 fully saturated rings. The van der Waals surface area contributed by atoms with Crippen LogP contribution in [0.5, 0.6) is 0 Å². The van der Waals surface area contributed by atoms with Crippen molar-refractivity contribution in [1.82, 2.24) is 0 Å². The fourth-order valence-electron chi connectivity index (χ4n) is 1.34. The first kappa shape index (κ1) is 7.68. The van der Waals surface area contributed by atoms with Crippen LogP contribution in [0.15, 0.2) is 0 Å². The van der Waals surface area contributed by atoms with Crippen LogP contribution < -0.4 is 0 Å². The fourth-order valence-corrected chi connectivity index (χ4v) is 2.17. The van der Waals surface area contributed by atoms with Gasteiger partial charge >= 0.3 is 0 Å². The third kappa shape index (κ3) is 2.01. The Balaban J connectivity index is 2.30. The lowest BCUT2D eigenvalue weighted by atomic mass is 9.90. The summed E-state index contributed by atoms with van der Waals surface area (Å²) in [5, 5.41) is 0.358. The van der Waals surface area contributed by atoms with Crippen LogP contribution in [0.4, 0.5) is 0 Å². The minimum absolute atomic E-state index is 0.358. The van der Waals surface area contributed by atoms with Gasteiger partial charge in [0.25, 0.3) is 0 Å². The molecule has 54 valence electrons. The summed E-state index contributed by atoms with van der Waals surface area (Å²) in [6.45, 7) is 0. The van der Waals surface area contributed by atoms with Gasteiger partial charge in [0.1, 0.15) is 0 Å². The summed E-state index contributed by atoms with van der Waals surface area (Å²) in [5.74, 6) is 1.33. The summed E-state index contributed by atoms with van der Waals surface area (Å²) < 4.78 is 0. The molecule has 2 heteroatoms. The van der Waals surface area contributed by atoms with Crippen LogP contribution in [0.2, 0.25) is 0 Å². The van der Waals surface area contributed by atoms with Crippen molar-refractivity contribution in [3.63, 3.8) is 0 Å². The Morgan fingerprint density at radius 3 is 2.33 bits per heavy atom. The zero-order valence-electron chi connectivity index (χ0n) is 5.45. The first-order valence-corrected chi connectivity index (χ1v) is 4.51. The number of rotatable bonds is 1. The van der Waals surface area contributed by atoms with Crippen LogP contribution in [-0.4, -0.2) is 11.3 Å². The lowest BCUT2D eigenvalue weighted by Crippen LogP contribution is -2.20. The largest absolute Gasteiger partial charge is 0.126 e. The number of halogens is 2. The highest BCUT2D eigenvalue weighted by Gasteiger charge is 2.21. The van der Waals surface area contributed by atoms with E-state index in [1.807, 2.05) is 0 Å². The standard InChI is InChI=1S/C7H12Cl2/c8-5-6-3-1-2-4-7(6)9/h6-7H,1-5H2. The lowest BCUT2D eigenvalue weighted by Gasteiger charge is -2.24.